The van der Waals surface area contributed by atoms with E-state index in [1.54, 1.807) is 30.3 Å². The normalized spacial score (nSPS) is 11.1. The van der Waals surface area contributed by atoms with Crippen LogP contribution in [-0.4, -0.2) is 12.5 Å². The van der Waals surface area contributed by atoms with Gasteiger partial charge in [-0.3, -0.25) is 4.79 Å². The number of ether oxygens (including phenoxy) is 1. The Kier molecular flexibility index (Phi) is 5.55. The molecule has 0 saturated carbocycles. The van der Waals surface area contributed by atoms with Crippen LogP contribution in [-0.2, 0) is 6.18 Å². The van der Waals surface area contributed by atoms with Crippen molar-refractivity contribution in [3.8, 4) is 23.8 Å². The lowest BCUT2D eigenvalue weighted by molar-refractivity contribution is -0.137. The third-order valence-electron chi connectivity index (χ3n) is 4.07. The highest BCUT2D eigenvalue weighted by atomic mass is 19.4. The van der Waals surface area contributed by atoms with Gasteiger partial charge in [0, 0.05) is 23.9 Å². The number of rotatable bonds is 5. The molecule has 3 aromatic carbocycles. The first kappa shape index (κ1) is 19.3. The zero-order valence-corrected chi connectivity index (χ0v) is 14.7. The molecule has 0 heterocycles. The van der Waals surface area contributed by atoms with E-state index in [-0.39, 0.29) is 11.7 Å². The molecule has 0 aromatic heterocycles. The SMILES string of the molecule is C#CCCNC(=O)c1ccc2c(Oc3ccc(C(F)(F)F)cc3)cccc2c1. The summed E-state index contributed by atoms with van der Waals surface area (Å²) in [6, 6.07) is 14.9. The topological polar surface area (TPSA) is 38.3 Å². The van der Waals surface area contributed by atoms with Gasteiger partial charge in [-0.05, 0) is 53.9 Å². The van der Waals surface area contributed by atoms with Crippen LogP contribution in [0.15, 0.2) is 60.7 Å². The Morgan fingerprint density at radius 1 is 1.07 bits per heavy atom. The van der Waals surface area contributed by atoms with Gasteiger partial charge in [-0.1, -0.05) is 12.1 Å². The van der Waals surface area contributed by atoms with E-state index in [2.05, 4.69) is 11.2 Å². The summed E-state index contributed by atoms with van der Waals surface area (Å²) in [6.07, 6.45) is 1.22. The molecule has 0 saturated heterocycles. The molecule has 6 heteroatoms. The first-order valence-electron chi connectivity index (χ1n) is 8.48. The van der Waals surface area contributed by atoms with E-state index in [9.17, 15) is 18.0 Å². The maximum absolute atomic E-state index is 12.7. The van der Waals surface area contributed by atoms with E-state index >= 15 is 0 Å². The van der Waals surface area contributed by atoms with Gasteiger partial charge < -0.3 is 10.1 Å². The average Bonchev–Trinajstić information content (AvgIpc) is 2.67. The minimum atomic E-state index is -4.39. The van der Waals surface area contributed by atoms with E-state index in [1.807, 2.05) is 6.07 Å². The maximum atomic E-state index is 12.7. The van der Waals surface area contributed by atoms with Crippen molar-refractivity contribution in [2.75, 3.05) is 6.54 Å². The molecule has 0 fully saturated rings. The molecule has 0 atom stereocenters. The molecule has 3 nitrogen and oxygen atoms in total. The molecule has 3 aromatic rings. The number of carbonyl (C=O) groups excluding carboxylic acids is 1. The van der Waals surface area contributed by atoms with Crippen LogP contribution in [0.4, 0.5) is 13.2 Å². The summed E-state index contributed by atoms with van der Waals surface area (Å²) in [6.45, 7) is 0.393. The largest absolute Gasteiger partial charge is 0.457 e. The Hall–Kier alpha value is -3.46. The maximum Gasteiger partial charge on any atom is 0.416 e. The number of hydrogen-bond donors (Lipinski definition) is 1. The predicted octanol–water partition coefficient (Wildman–Crippen LogP) is 5.40. The van der Waals surface area contributed by atoms with Crippen molar-refractivity contribution in [1.29, 1.82) is 0 Å². The molecule has 0 bridgehead atoms. The standard InChI is InChI=1S/C22H16F3NO2/c1-2-3-13-26-21(27)16-7-12-19-15(14-16)5-4-6-20(19)28-18-10-8-17(9-11-18)22(23,24)25/h1,4-12,14H,3,13H2,(H,26,27). The Bertz CT molecular complexity index is 1030. The molecule has 1 N–H and O–H groups in total. The van der Waals surface area contributed by atoms with Gasteiger partial charge in [0.1, 0.15) is 11.5 Å². The van der Waals surface area contributed by atoms with Crippen molar-refractivity contribution in [2.45, 2.75) is 12.6 Å². The molecular formula is C22H16F3NO2. The third kappa shape index (κ3) is 4.44. The number of amides is 1. The molecule has 0 aliphatic heterocycles. The lowest BCUT2D eigenvalue weighted by Crippen LogP contribution is -2.24. The van der Waals surface area contributed by atoms with Crippen molar-refractivity contribution in [2.24, 2.45) is 0 Å². The monoisotopic (exact) mass is 383 g/mol. The number of benzene rings is 3. The zero-order chi connectivity index (χ0) is 20.1. The predicted molar refractivity (Wildman–Crippen MR) is 101 cm³/mol. The van der Waals surface area contributed by atoms with Gasteiger partial charge in [0.15, 0.2) is 0 Å². The molecule has 1 amide bonds. The van der Waals surface area contributed by atoms with Crippen LogP contribution in [0.25, 0.3) is 10.8 Å². The molecule has 3 rings (SSSR count). The first-order valence-corrected chi connectivity index (χ1v) is 8.48. The number of carbonyl (C=O) groups is 1. The van der Waals surface area contributed by atoms with Crippen molar-refractivity contribution in [3.05, 3.63) is 71.8 Å². The number of nitrogens with one attached hydrogen (secondary N) is 1. The smallest absolute Gasteiger partial charge is 0.416 e. The fraction of sp³-hybridized carbons (Fsp3) is 0.136. The van der Waals surface area contributed by atoms with Crippen molar-refractivity contribution in [3.63, 3.8) is 0 Å². The second-order valence-corrected chi connectivity index (χ2v) is 6.03. The van der Waals surface area contributed by atoms with Gasteiger partial charge in [0.05, 0.1) is 5.56 Å². The van der Waals surface area contributed by atoms with Crippen LogP contribution in [0.3, 0.4) is 0 Å². The molecule has 142 valence electrons. The van der Waals surface area contributed by atoms with Crippen molar-refractivity contribution >= 4 is 16.7 Å². The lowest BCUT2D eigenvalue weighted by atomic mass is 10.1. The summed E-state index contributed by atoms with van der Waals surface area (Å²) in [7, 11) is 0. The highest BCUT2D eigenvalue weighted by Crippen LogP contribution is 2.33. The van der Waals surface area contributed by atoms with Crippen LogP contribution in [0.2, 0.25) is 0 Å². The summed E-state index contributed by atoms with van der Waals surface area (Å²) >= 11 is 0. The van der Waals surface area contributed by atoms with Crippen LogP contribution in [0, 0.1) is 12.3 Å². The number of halogens is 3. The Morgan fingerprint density at radius 2 is 1.82 bits per heavy atom. The minimum absolute atomic E-state index is 0.230. The first-order chi connectivity index (χ1) is 13.4. The van der Waals surface area contributed by atoms with Crippen molar-refractivity contribution < 1.29 is 22.7 Å². The van der Waals surface area contributed by atoms with Crippen LogP contribution in [0.5, 0.6) is 11.5 Å². The van der Waals surface area contributed by atoms with E-state index in [4.69, 9.17) is 11.2 Å². The molecule has 0 unspecified atom stereocenters. The van der Waals surface area contributed by atoms with E-state index in [1.165, 1.54) is 12.1 Å². The van der Waals surface area contributed by atoms with Crippen LogP contribution >= 0.6 is 0 Å². The summed E-state index contributed by atoms with van der Waals surface area (Å²) in [5, 5.41) is 4.24. The highest BCUT2D eigenvalue weighted by molar-refractivity contribution is 5.99. The molecule has 28 heavy (non-hydrogen) atoms. The Balaban J connectivity index is 1.83. The summed E-state index contributed by atoms with van der Waals surface area (Å²) in [5.74, 6) is 2.99. The van der Waals surface area contributed by atoms with E-state index < -0.39 is 11.7 Å². The van der Waals surface area contributed by atoms with Gasteiger partial charge in [-0.15, -0.1) is 12.3 Å². The lowest BCUT2D eigenvalue weighted by Gasteiger charge is -2.11. The molecule has 0 radical (unpaired) electrons. The second kappa shape index (κ2) is 8.05. The minimum Gasteiger partial charge on any atom is -0.457 e. The number of alkyl halides is 3. The molecular weight excluding hydrogens is 367 g/mol. The molecule has 0 aliphatic carbocycles. The fourth-order valence-corrected chi connectivity index (χ4v) is 2.67. The van der Waals surface area contributed by atoms with Gasteiger partial charge >= 0.3 is 6.18 Å². The summed E-state index contributed by atoms with van der Waals surface area (Å²) < 4.78 is 43.8. The zero-order valence-electron chi connectivity index (χ0n) is 14.7. The third-order valence-corrected chi connectivity index (χ3v) is 4.07. The molecule has 0 aliphatic rings. The highest BCUT2D eigenvalue weighted by Gasteiger charge is 2.30. The van der Waals surface area contributed by atoms with Crippen molar-refractivity contribution in [1.82, 2.24) is 5.32 Å². The Labute approximate surface area is 160 Å². The van der Waals surface area contributed by atoms with Crippen LogP contribution < -0.4 is 10.1 Å². The van der Waals surface area contributed by atoms with Gasteiger partial charge in [-0.25, -0.2) is 0 Å². The van der Waals surface area contributed by atoms with E-state index in [0.29, 0.717) is 24.3 Å². The van der Waals surface area contributed by atoms with Gasteiger partial charge in [-0.2, -0.15) is 13.2 Å². The van der Waals surface area contributed by atoms with Gasteiger partial charge in [0.25, 0.3) is 5.91 Å². The average molecular weight is 383 g/mol. The second-order valence-electron chi connectivity index (χ2n) is 6.03. The molecule has 0 spiro atoms. The van der Waals surface area contributed by atoms with Crippen LogP contribution in [0.1, 0.15) is 22.3 Å². The van der Waals surface area contributed by atoms with E-state index in [0.717, 1.165) is 22.9 Å². The fourth-order valence-electron chi connectivity index (χ4n) is 2.67. The summed E-state index contributed by atoms with van der Waals surface area (Å²) in [4.78, 5) is 12.1. The number of terminal acetylenes is 1. The summed E-state index contributed by atoms with van der Waals surface area (Å²) in [5.41, 5.74) is -0.255. The Morgan fingerprint density at radius 3 is 2.50 bits per heavy atom. The number of hydrogen-bond acceptors (Lipinski definition) is 2. The van der Waals surface area contributed by atoms with Gasteiger partial charge in [0.2, 0.25) is 0 Å². The quantitative estimate of drug-likeness (QED) is 0.473. The number of fused-ring (bicyclic) bond motifs is 1.